The fourth-order valence-corrected chi connectivity index (χ4v) is 4.27. The van der Waals surface area contributed by atoms with Crippen LogP contribution in [0.5, 0.6) is 11.5 Å². The number of hydrogen-bond acceptors (Lipinski definition) is 4. The summed E-state index contributed by atoms with van der Waals surface area (Å²) in [5.41, 5.74) is 4.26. The molecule has 4 rings (SSSR count). The van der Waals surface area contributed by atoms with Gasteiger partial charge in [-0.25, -0.2) is 0 Å². The molecule has 2 aromatic rings. The predicted molar refractivity (Wildman–Crippen MR) is 97.4 cm³/mol. The van der Waals surface area contributed by atoms with Crippen molar-refractivity contribution < 1.29 is 14.3 Å². The zero-order valence-corrected chi connectivity index (χ0v) is 15.5. The van der Waals surface area contributed by atoms with Crippen LogP contribution in [0.25, 0.3) is 0 Å². The van der Waals surface area contributed by atoms with Crippen molar-refractivity contribution in [2.24, 2.45) is 5.92 Å². The molecule has 2 aliphatic rings. The number of aromatic nitrogens is 2. The Bertz CT molecular complexity index is 810. The van der Waals surface area contributed by atoms with Gasteiger partial charge >= 0.3 is 0 Å². The van der Waals surface area contributed by atoms with Crippen LogP contribution < -0.4 is 9.47 Å². The van der Waals surface area contributed by atoms with Crippen molar-refractivity contribution >= 4 is 5.91 Å². The number of benzene rings is 1. The first-order chi connectivity index (χ1) is 12.6. The fourth-order valence-electron chi connectivity index (χ4n) is 4.27. The molecular weight excluding hydrogens is 330 g/mol. The number of likely N-dealkylation sites (tertiary alicyclic amines) is 1. The summed E-state index contributed by atoms with van der Waals surface area (Å²) in [6, 6.07) is 5.90. The van der Waals surface area contributed by atoms with Crippen LogP contribution in [0.2, 0.25) is 0 Å². The molecule has 2 atom stereocenters. The quantitative estimate of drug-likeness (QED) is 0.919. The maximum absolute atomic E-state index is 13.3. The van der Waals surface area contributed by atoms with Crippen molar-refractivity contribution in [3.8, 4) is 11.5 Å². The summed E-state index contributed by atoms with van der Waals surface area (Å²) in [5.74, 6) is 1.68. The van der Waals surface area contributed by atoms with Crippen LogP contribution in [0.15, 0.2) is 18.2 Å². The molecule has 0 bridgehead atoms. The molecule has 1 N–H and O–H groups in total. The largest absolute Gasteiger partial charge is 0.497 e. The Morgan fingerprint density at radius 2 is 2.23 bits per heavy atom. The van der Waals surface area contributed by atoms with Gasteiger partial charge in [-0.05, 0) is 56.9 Å². The zero-order valence-electron chi connectivity index (χ0n) is 15.5. The van der Waals surface area contributed by atoms with Gasteiger partial charge in [-0.15, -0.1) is 0 Å². The molecule has 3 heterocycles. The molecule has 0 radical (unpaired) electrons. The van der Waals surface area contributed by atoms with E-state index in [-0.39, 0.29) is 17.9 Å². The molecule has 6 heteroatoms. The van der Waals surface area contributed by atoms with Crippen molar-refractivity contribution in [1.82, 2.24) is 15.1 Å². The maximum atomic E-state index is 13.3. The summed E-state index contributed by atoms with van der Waals surface area (Å²) >= 11 is 0. The average Bonchev–Trinajstić information content (AvgIpc) is 3.26. The van der Waals surface area contributed by atoms with E-state index in [0.29, 0.717) is 13.0 Å². The average molecular weight is 355 g/mol. The summed E-state index contributed by atoms with van der Waals surface area (Å²) in [4.78, 5) is 15.3. The van der Waals surface area contributed by atoms with E-state index in [2.05, 4.69) is 10.2 Å². The summed E-state index contributed by atoms with van der Waals surface area (Å²) in [7, 11) is 1.65. The first kappa shape index (κ1) is 16.9. The number of ether oxygens (including phenoxy) is 2. The number of aryl methyl sites for hydroxylation is 2. The van der Waals surface area contributed by atoms with Gasteiger partial charge in [0.15, 0.2) is 0 Å². The monoisotopic (exact) mass is 355 g/mol. The van der Waals surface area contributed by atoms with Crippen molar-refractivity contribution in [3.05, 3.63) is 40.7 Å². The molecule has 2 aliphatic heterocycles. The second-order valence-electron chi connectivity index (χ2n) is 7.22. The number of aromatic amines is 1. The number of amides is 1. The van der Waals surface area contributed by atoms with E-state index in [4.69, 9.17) is 9.47 Å². The van der Waals surface area contributed by atoms with Crippen molar-refractivity contribution in [2.45, 2.75) is 39.2 Å². The lowest BCUT2D eigenvalue weighted by molar-refractivity contribution is -0.137. The van der Waals surface area contributed by atoms with Crippen molar-refractivity contribution in [1.29, 1.82) is 0 Å². The third-order valence-corrected chi connectivity index (χ3v) is 5.58. The van der Waals surface area contributed by atoms with E-state index in [0.717, 1.165) is 47.8 Å². The normalized spacial score (nSPS) is 22.0. The van der Waals surface area contributed by atoms with Crippen LogP contribution in [-0.4, -0.2) is 41.3 Å². The Labute approximate surface area is 153 Å². The molecule has 1 fully saturated rings. The van der Waals surface area contributed by atoms with Gasteiger partial charge in [-0.3, -0.25) is 9.89 Å². The van der Waals surface area contributed by atoms with E-state index >= 15 is 0 Å². The minimum Gasteiger partial charge on any atom is -0.497 e. The molecule has 26 heavy (non-hydrogen) atoms. The van der Waals surface area contributed by atoms with Crippen LogP contribution in [0, 0.1) is 19.8 Å². The van der Waals surface area contributed by atoms with Crippen LogP contribution in [-0.2, 0) is 11.2 Å². The second-order valence-corrected chi connectivity index (χ2v) is 7.22. The molecule has 1 aromatic heterocycles. The van der Waals surface area contributed by atoms with Crippen LogP contribution in [0.3, 0.4) is 0 Å². The van der Waals surface area contributed by atoms with Gasteiger partial charge in [0.25, 0.3) is 0 Å². The molecular formula is C20H25N3O3. The Hall–Kier alpha value is -2.50. The van der Waals surface area contributed by atoms with Gasteiger partial charge in [0, 0.05) is 17.8 Å². The van der Waals surface area contributed by atoms with E-state index < -0.39 is 0 Å². The van der Waals surface area contributed by atoms with Gasteiger partial charge in [0.1, 0.15) is 18.1 Å². The van der Waals surface area contributed by atoms with Gasteiger partial charge in [0.05, 0.1) is 24.8 Å². The molecule has 2 unspecified atom stereocenters. The fraction of sp³-hybridized carbons (Fsp3) is 0.500. The smallest absolute Gasteiger partial charge is 0.229 e. The molecule has 6 nitrogen and oxygen atoms in total. The summed E-state index contributed by atoms with van der Waals surface area (Å²) < 4.78 is 11.2. The van der Waals surface area contributed by atoms with Crippen molar-refractivity contribution in [3.63, 3.8) is 0 Å². The first-order valence-electron chi connectivity index (χ1n) is 9.20. The van der Waals surface area contributed by atoms with E-state index in [1.54, 1.807) is 7.11 Å². The Morgan fingerprint density at radius 3 is 2.96 bits per heavy atom. The highest BCUT2D eigenvalue weighted by atomic mass is 16.5. The Kier molecular flexibility index (Phi) is 4.34. The van der Waals surface area contributed by atoms with Gasteiger partial charge in [-0.1, -0.05) is 0 Å². The maximum Gasteiger partial charge on any atom is 0.229 e. The van der Waals surface area contributed by atoms with Crippen LogP contribution in [0.4, 0.5) is 0 Å². The van der Waals surface area contributed by atoms with E-state index in [9.17, 15) is 4.79 Å². The number of carbonyl (C=O) groups is 1. The Morgan fingerprint density at radius 1 is 1.38 bits per heavy atom. The minimum atomic E-state index is -0.150. The minimum absolute atomic E-state index is 0.118. The van der Waals surface area contributed by atoms with Gasteiger partial charge in [0.2, 0.25) is 5.91 Å². The summed E-state index contributed by atoms with van der Waals surface area (Å²) in [5, 5.41) is 7.37. The lowest BCUT2D eigenvalue weighted by Crippen LogP contribution is -2.40. The lowest BCUT2D eigenvalue weighted by atomic mass is 9.94. The molecule has 138 valence electrons. The molecule has 1 aromatic carbocycles. The molecule has 1 amide bonds. The van der Waals surface area contributed by atoms with Gasteiger partial charge in [-0.2, -0.15) is 5.10 Å². The molecule has 0 saturated carbocycles. The zero-order chi connectivity index (χ0) is 18.3. The highest BCUT2D eigenvalue weighted by molar-refractivity contribution is 5.80. The van der Waals surface area contributed by atoms with E-state index in [1.807, 2.05) is 36.9 Å². The second kappa shape index (κ2) is 6.67. The number of nitrogens with zero attached hydrogens (tertiary/aromatic N) is 2. The number of carbonyl (C=O) groups excluding carboxylic acids is 1. The number of rotatable bonds is 3. The molecule has 0 spiro atoms. The molecule has 1 saturated heterocycles. The highest BCUT2D eigenvalue weighted by Crippen LogP contribution is 2.38. The third-order valence-electron chi connectivity index (χ3n) is 5.58. The highest BCUT2D eigenvalue weighted by Gasteiger charge is 2.37. The van der Waals surface area contributed by atoms with Crippen LogP contribution >= 0.6 is 0 Å². The summed E-state index contributed by atoms with van der Waals surface area (Å²) in [6.45, 7) is 5.27. The lowest BCUT2D eigenvalue weighted by Gasteiger charge is -2.32. The number of H-pyrrole nitrogens is 1. The number of hydrogen-bond donors (Lipinski definition) is 1. The topological polar surface area (TPSA) is 67.5 Å². The number of nitrogens with one attached hydrogen (secondary N) is 1. The SMILES string of the molecule is COc1ccc2c(c1)CC(C(=O)N1CCCC1c1c(C)n[nH]c1C)CO2. The van der Waals surface area contributed by atoms with Crippen molar-refractivity contribution in [2.75, 3.05) is 20.3 Å². The van der Waals surface area contributed by atoms with Gasteiger partial charge < -0.3 is 14.4 Å². The third kappa shape index (κ3) is 2.83. The molecule has 0 aliphatic carbocycles. The first-order valence-corrected chi connectivity index (χ1v) is 9.20. The summed E-state index contributed by atoms with van der Waals surface area (Å²) in [6.07, 6.45) is 2.71. The van der Waals surface area contributed by atoms with E-state index in [1.165, 1.54) is 5.56 Å². The number of methoxy groups -OCH3 is 1. The van der Waals surface area contributed by atoms with Crippen LogP contribution in [0.1, 0.15) is 41.4 Å². The number of fused-ring (bicyclic) bond motifs is 1. The predicted octanol–water partition coefficient (Wildman–Crippen LogP) is 2.95. The standard InChI is InChI=1S/C20H25N3O3/c1-12-19(13(2)22-21-12)17-5-4-8-23(17)20(24)15-9-14-10-16(25-3)6-7-18(14)26-11-15/h6-7,10,15,17H,4-5,8-9,11H2,1-3H3,(H,21,22). The Balaban J connectivity index is 1.55.